The molecule has 4 heterocycles. The number of ether oxygens (including phenoxy) is 1. The maximum absolute atomic E-state index is 12.2. The van der Waals surface area contributed by atoms with Gasteiger partial charge in [-0.05, 0) is 24.3 Å². The zero-order valence-electron chi connectivity index (χ0n) is 11.7. The lowest BCUT2D eigenvalue weighted by Gasteiger charge is -2.04. The van der Waals surface area contributed by atoms with Crippen LogP contribution in [-0.2, 0) is 0 Å². The monoisotopic (exact) mass is 306 g/mol. The van der Waals surface area contributed by atoms with Crippen LogP contribution in [0.3, 0.4) is 0 Å². The number of pyridine rings is 2. The predicted molar refractivity (Wildman–Crippen MR) is 80.7 cm³/mol. The van der Waals surface area contributed by atoms with E-state index in [0.29, 0.717) is 22.8 Å². The molecule has 112 valence electrons. The molecule has 0 radical (unpaired) electrons. The van der Waals surface area contributed by atoms with Crippen LogP contribution in [-0.4, -0.2) is 36.1 Å². The molecular formula is C15H10N6O2. The van der Waals surface area contributed by atoms with E-state index < -0.39 is 5.97 Å². The fraction of sp³-hybridized carbons (Fsp3) is 0. The minimum atomic E-state index is -0.491. The van der Waals surface area contributed by atoms with Crippen LogP contribution in [0.4, 0.5) is 0 Å². The maximum Gasteiger partial charge on any atom is 0.345 e. The van der Waals surface area contributed by atoms with Gasteiger partial charge in [-0.2, -0.15) is 5.10 Å². The smallest absolute Gasteiger partial charge is 0.345 e. The third-order valence-electron chi connectivity index (χ3n) is 3.24. The first-order valence-electron chi connectivity index (χ1n) is 6.77. The normalized spacial score (nSPS) is 10.8. The van der Waals surface area contributed by atoms with Gasteiger partial charge in [0.2, 0.25) is 0 Å². The lowest BCUT2D eigenvalue weighted by atomic mass is 10.2. The number of carbonyl (C=O) groups excluding carboxylic acids is 1. The van der Waals surface area contributed by atoms with Gasteiger partial charge in [-0.3, -0.25) is 5.10 Å². The number of rotatable bonds is 3. The van der Waals surface area contributed by atoms with E-state index in [1.165, 1.54) is 18.7 Å². The van der Waals surface area contributed by atoms with Crippen molar-refractivity contribution in [2.75, 3.05) is 0 Å². The van der Waals surface area contributed by atoms with Crippen molar-refractivity contribution in [3.05, 3.63) is 54.7 Å². The molecule has 0 saturated heterocycles. The van der Waals surface area contributed by atoms with Crippen molar-refractivity contribution < 1.29 is 9.53 Å². The van der Waals surface area contributed by atoms with E-state index in [1.54, 1.807) is 24.4 Å². The van der Waals surface area contributed by atoms with Crippen LogP contribution < -0.4 is 4.74 Å². The summed E-state index contributed by atoms with van der Waals surface area (Å²) in [6, 6.07) is 6.89. The maximum atomic E-state index is 12.2. The number of aromatic nitrogens is 6. The SMILES string of the molecule is O=C(Oc1ccc(-c2ncn[nH]2)nc1)c1cnc2[nH]ccc2c1. The van der Waals surface area contributed by atoms with Crippen LogP contribution in [0.2, 0.25) is 0 Å². The lowest BCUT2D eigenvalue weighted by molar-refractivity contribution is 0.0734. The average Bonchev–Trinajstić information content (AvgIpc) is 3.26. The highest BCUT2D eigenvalue weighted by molar-refractivity contribution is 5.94. The van der Waals surface area contributed by atoms with E-state index in [2.05, 4.69) is 30.1 Å². The quantitative estimate of drug-likeness (QED) is 0.560. The van der Waals surface area contributed by atoms with E-state index in [-0.39, 0.29) is 0 Å². The molecule has 0 fully saturated rings. The number of esters is 1. The molecule has 0 saturated carbocycles. The molecule has 0 spiro atoms. The minimum absolute atomic E-state index is 0.340. The Labute approximate surface area is 129 Å². The molecule has 0 aliphatic heterocycles. The molecule has 0 aromatic carbocycles. The number of H-pyrrole nitrogens is 2. The predicted octanol–water partition coefficient (Wildman–Crippen LogP) is 1.96. The summed E-state index contributed by atoms with van der Waals surface area (Å²) in [6.07, 6.45) is 6.09. The number of hydrogen-bond donors (Lipinski definition) is 2. The van der Waals surface area contributed by atoms with Crippen LogP contribution in [0.5, 0.6) is 5.75 Å². The Balaban J connectivity index is 1.53. The standard InChI is InChI=1S/C15H10N6O2/c22-15(10-5-9-3-4-16-13(9)18-6-10)23-11-1-2-12(17-7-11)14-19-8-20-21-14/h1-8H,(H,16,18)(H,19,20,21). The highest BCUT2D eigenvalue weighted by Crippen LogP contribution is 2.17. The molecule has 8 heteroatoms. The van der Waals surface area contributed by atoms with E-state index in [4.69, 9.17) is 4.74 Å². The number of fused-ring (bicyclic) bond motifs is 1. The molecule has 0 unspecified atom stereocenters. The fourth-order valence-electron chi connectivity index (χ4n) is 2.13. The number of nitrogens with zero attached hydrogens (tertiary/aromatic N) is 4. The van der Waals surface area contributed by atoms with Crippen LogP contribution in [0, 0.1) is 0 Å². The Morgan fingerprint density at radius 1 is 1.09 bits per heavy atom. The van der Waals surface area contributed by atoms with Crippen molar-refractivity contribution in [1.29, 1.82) is 0 Å². The summed E-state index contributed by atoms with van der Waals surface area (Å²) in [5.41, 5.74) is 1.70. The van der Waals surface area contributed by atoms with Gasteiger partial charge in [-0.1, -0.05) is 0 Å². The van der Waals surface area contributed by atoms with Crippen LogP contribution >= 0.6 is 0 Å². The molecule has 23 heavy (non-hydrogen) atoms. The topological polar surface area (TPSA) is 109 Å². The van der Waals surface area contributed by atoms with Gasteiger partial charge in [0.1, 0.15) is 23.4 Å². The molecule has 0 amide bonds. The van der Waals surface area contributed by atoms with Gasteiger partial charge in [-0.25, -0.2) is 19.7 Å². The summed E-state index contributed by atoms with van der Waals surface area (Å²) in [5, 5.41) is 7.32. The molecule has 0 bridgehead atoms. The van der Waals surface area contributed by atoms with Crippen LogP contribution in [0.1, 0.15) is 10.4 Å². The van der Waals surface area contributed by atoms with Gasteiger partial charge in [0.25, 0.3) is 0 Å². The van der Waals surface area contributed by atoms with E-state index in [9.17, 15) is 4.79 Å². The van der Waals surface area contributed by atoms with E-state index >= 15 is 0 Å². The Kier molecular flexibility index (Phi) is 3.05. The van der Waals surface area contributed by atoms with Crippen molar-refractivity contribution in [2.45, 2.75) is 0 Å². The van der Waals surface area contributed by atoms with Gasteiger partial charge in [0.15, 0.2) is 5.82 Å². The Morgan fingerprint density at radius 2 is 2.04 bits per heavy atom. The summed E-state index contributed by atoms with van der Waals surface area (Å²) in [6.45, 7) is 0. The third-order valence-corrected chi connectivity index (χ3v) is 3.24. The van der Waals surface area contributed by atoms with E-state index in [0.717, 1.165) is 11.0 Å². The van der Waals surface area contributed by atoms with Crippen LogP contribution in [0.15, 0.2) is 49.2 Å². The lowest BCUT2D eigenvalue weighted by Crippen LogP contribution is -2.09. The van der Waals surface area contributed by atoms with Crippen molar-refractivity contribution in [1.82, 2.24) is 30.1 Å². The summed E-state index contributed by atoms with van der Waals surface area (Å²) in [4.78, 5) is 27.5. The van der Waals surface area contributed by atoms with Crippen molar-refractivity contribution in [3.8, 4) is 17.3 Å². The van der Waals surface area contributed by atoms with E-state index in [1.807, 2.05) is 6.07 Å². The third kappa shape index (κ3) is 2.53. The van der Waals surface area contributed by atoms with Crippen molar-refractivity contribution >= 4 is 17.0 Å². The number of aromatic amines is 2. The van der Waals surface area contributed by atoms with Gasteiger partial charge in [0, 0.05) is 17.8 Å². The Hall–Kier alpha value is -3.55. The molecule has 2 N–H and O–H groups in total. The first-order chi connectivity index (χ1) is 11.3. The van der Waals surface area contributed by atoms with Crippen molar-refractivity contribution in [2.24, 2.45) is 0 Å². The largest absolute Gasteiger partial charge is 0.421 e. The molecular weight excluding hydrogens is 296 g/mol. The molecule has 4 aromatic rings. The van der Waals surface area contributed by atoms with Gasteiger partial charge in [-0.15, -0.1) is 0 Å². The van der Waals surface area contributed by atoms with Gasteiger partial charge >= 0.3 is 5.97 Å². The molecule has 0 aliphatic rings. The molecule has 0 atom stereocenters. The second kappa shape index (κ2) is 5.34. The summed E-state index contributed by atoms with van der Waals surface area (Å²) >= 11 is 0. The highest BCUT2D eigenvalue weighted by atomic mass is 16.5. The summed E-state index contributed by atoms with van der Waals surface area (Å²) in [7, 11) is 0. The fourth-order valence-corrected chi connectivity index (χ4v) is 2.13. The summed E-state index contributed by atoms with van der Waals surface area (Å²) in [5.74, 6) is 0.396. The Morgan fingerprint density at radius 3 is 2.83 bits per heavy atom. The second-order valence-electron chi connectivity index (χ2n) is 4.74. The molecule has 4 rings (SSSR count). The van der Waals surface area contributed by atoms with Gasteiger partial charge in [0.05, 0.1) is 11.8 Å². The first-order valence-corrected chi connectivity index (χ1v) is 6.77. The second-order valence-corrected chi connectivity index (χ2v) is 4.74. The van der Waals surface area contributed by atoms with Gasteiger partial charge < -0.3 is 9.72 Å². The summed E-state index contributed by atoms with van der Waals surface area (Å²) < 4.78 is 5.30. The first kappa shape index (κ1) is 13.1. The van der Waals surface area contributed by atoms with Crippen molar-refractivity contribution in [3.63, 3.8) is 0 Å². The zero-order chi connectivity index (χ0) is 15.6. The highest BCUT2D eigenvalue weighted by Gasteiger charge is 2.11. The Bertz CT molecular complexity index is 959. The molecule has 8 nitrogen and oxygen atoms in total. The van der Waals surface area contributed by atoms with Crippen LogP contribution in [0.25, 0.3) is 22.6 Å². The average molecular weight is 306 g/mol. The molecule has 4 aromatic heterocycles. The minimum Gasteiger partial charge on any atom is -0.421 e. The molecule has 0 aliphatic carbocycles. The zero-order valence-corrected chi connectivity index (χ0v) is 11.7. The number of carbonyl (C=O) groups is 1. The number of nitrogens with one attached hydrogen (secondary N) is 2. The number of hydrogen-bond acceptors (Lipinski definition) is 6.